The highest BCUT2D eigenvalue weighted by molar-refractivity contribution is 6.33. The monoisotopic (exact) mass is 478 g/mol. The standard InChI is InChI=1S/C26H18ClF3N4/c1-16-6-10-18(11-7-16)21-15-24-32-31-23(14-17-8-12-19(13-9-17)26(28,29)30)34(24)33-25(21)20-4-2-3-5-22(20)27/h2-13,15H,14H2,1H3. The minimum absolute atomic E-state index is 0.276. The van der Waals surface area contributed by atoms with Gasteiger partial charge in [0, 0.05) is 17.5 Å². The van der Waals surface area contributed by atoms with Crippen molar-refractivity contribution in [2.24, 2.45) is 0 Å². The molecule has 5 aromatic rings. The number of aryl methyl sites for hydroxylation is 1. The molecule has 0 atom stereocenters. The van der Waals surface area contributed by atoms with Crippen molar-refractivity contribution in [3.63, 3.8) is 0 Å². The van der Waals surface area contributed by atoms with Crippen LogP contribution in [-0.4, -0.2) is 19.8 Å². The van der Waals surface area contributed by atoms with Gasteiger partial charge in [0.05, 0.1) is 10.6 Å². The second-order valence-electron chi connectivity index (χ2n) is 8.01. The lowest BCUT2D eigenvalue weighted by Crippen LogP contribution is -2.06. The van der Waals surface area contributed by atoms with Gasteiger partial charge in [-0.15, -0.1) is 10.2 Å². The maximum absolute atomic E-state index is 12.9. The van der Waals surface area contributed by atoms with Gasteiger partial charge in [-0.05, 0) is 42.3 Å². The Balaban J connectivity index is 1.62. The van der Waals surface area contributed by atoms with Gasteiger partial charge >= 0.3 is 6.18 Å². The van der Waals surface area contributed by atoms with E-state index in [0.717, 1.165) is 34.4 Å². The molecule has 0 N–H and O–H groups in total. The summed E-state index contributed by atoms with van der Waals surface area (Å²) in [4.78, 5) is 0. The summed E-state index contributed by atoms with van der Waals surface area (Å²) in [5.41, 5.74) is 4.89. The predicted molar refractivity (Wildman–Crippen MR) is 126 cm³/mol. The van der Waals surface area contributed by atoms with Crippen molar-refractivity contribution >= 4 is 17.2 Å². The summed E-state index contributed by atoms with van der Waals surface area (Å²) in [6, 6.07) is 22.4. The topological polar surface area (TPSA) is 43.1 Å². The molecule has 0 aliphatic carbocycles. The van der Waals surface area contributed by atoms with Crippen LogP contribution in [-0.2, 0) is 12.6 Å². The molecule has 0 bridgehead atoms. The largest absolute Gasteiger partial charge is 0.416 e. The molecule has 0 amide bonds. The first-order chi connectivity index (χ1) is 16.3. The minimum Gasteiger partial charge on any atom is -0.196 e. The molecule has 0 radical (unpaired) electrons. The molecule has 0 aliphatic rings. The van der Waals surface area contributed by atoms with E-state index in [-0.39, 0.29) is 6.42 Å². The second kappa shape index (κ2) is 8.57. The molecule has 0 aliphatic heterocycles. The Bertz CT molecular complexity index is 1470. The van der Waals surface area contributed by atoms with Crippen molar-refractivity contribution in [2.45, 2.75) is 19.5 Å². The molecule has 3 aromatic carbocycles. The first-order valence-electron chi connectivity index (χ1n) is 10.5. The number of hydrogen-bond donors (Lipinski definition) is 0. The molecule has 0 saturated heterocycles. The Hall–Kier alpha value is -3.71. The molecule has 2 heterocycles. The summed E-state index contributed by atoms with van der Waals surface area (Å²) < 4.78 is 40.3. The highest BCUT2D eigenvalue weighted by atomic mass is 35.5. The van der Waals surface area contributed by atoms with Crippen molar-refractivity contribution in [3.05, 3.63) is 106 Å². The molecule has 34 heavy (non-hydrogen) atoms. The van der Waals surface area contributed by atoms with Gasteiger partial charge in [-0.3, -0.25) is 0 Å². The summed E-state index contributed by atoms with van der Waals surface area (Å²) in [7, 11) is 0. The van der Waals surface area contributed by atoms with Gasteiger partial charge in [-0.1, -0.05) is 71.8 Å². The summed E-state index contributed by atoms with van der Waals surface area (Å²) >= 11 is 6.52. The van der Waals surface area contributed by atoms with E-state index >= 15 is 0 Å². The maximum Gasteiger partial charge on any atom is 0.416 e. The van der Waals surface area contributed by atoms with E-state index in [4.69, 9.17) is 16.7 Å². The van der Waals surface area contributed by atoms with Gasteiger partial charge in [0.15, 0.2) is 11.5 Å². The van der Waals surface area contributed by atoms with E-state index in [1.54, 1.807) is 10.6 Å². The number of fused-ring (bicyclic) bond motifs is 1. The van der Waals surface area contributed by atoms with Gasteiger partial charge < -0.3 is 0 Å². The number of hydrogen-bond acceptors (Lipinski definition) is 3. The molecule has 8 heteroatoms. The molecule has 0 saturated carbocycles. The fraction of sp³-hybridized carbons (Fsp3) is 0.115. The quantitative estimate of drug-likeness (QED) is 0.278. The lowest BCUT2D eigenvalue weighted by Gasteiger charge is -2.12. The second-order valence-corrected chi connectivity index (χ2v) is 8.42. The van der Waals surface area contributed by atoms with Crippen molar-refractivity contribution in [1.82, 2.24) is 19.8 Å². The Morgan fingerprint density at radius 2 is 1.56 bits per heavy atom. The Labute approximate surface area is 198 Å². The highest BCUT2D eigenvalue weighted by Gasteiger charge is 2.30. The van der Waals surface area contributed by atoms with Crippen LogP contribution in [0.3, 0.4) is 0 Å². The van der Waals surface area contributed by atoms with Crippen LogP contribution in [0.15, 0.2) is 78.9 Å². The smallest absolute Gasteiger partial charge is 0.196 e. The van der Waals surface area contributed by atoms with Gasteiger partial charge in [-0.2, -0.15) is 22.8 Å². The first-order valence-corrected chi connectivity index (χ1v) is 10.9. The van der Waals surface area contributed by atoms with Crippen LogP contribution < -0.4 is 0 Å². The average Bonchev–Trinajstić information content (AvgIpc) is 3.20. The molecule has 2 aromatic heterocycles. The van der Waals surface area contributed by atoms with E-state index in [2.05, 4.69) is 10.2 Å². The molecule has 0 fully saturated rings. The molecule has 170 valence electrons. The summed E-state index contributed by atoms with van der Waals surface area (Å²) in [6.45, 7) is 2.02. The van der Waals surface area contributed by atoms with Gasteiger partial charge in [-0.25, -0.2) is 0 Å². The molecule has 4 nitrogen and oxygen atoms in total. The van der Waals surface area contributed by atoms with Crippen molar-refractivity contribution in [1.29, 1.82) is 0 Å². The Morgan fingerprint density at radius 1 is 0.853 bits per heavy atom. The van der Waals surface area contributed by atoms with E-state index < -0.39 is 11.7 Å². The van der Waals surface area contributed by atoms with Crippen LogP contribution >= 0.6 is 11.6 Å². The molecule has 0 unspecified atom stereocenters. The molecule has 5 rings (SSSR count). The number of halogens is 4. The Kier molecular flexibility index (Phi) is 5.57. The predicted octanol–water partition coefficient (Wildman–Crippen LogP) is 7.03. The highest BCUT2D eigenvalue weighted by Crippen LogP contribution is 2.35. The van der Waals surface area contributed by atoms with E-state index in [0.29, 0.717) is 27.8 Å². The third kappa shape index (κ3) is 4.26. The van der Waals surface area contributed by atoms with Crippen molar-refractivity contribution in [2.75, 3.05) is 0 Å². The lowest BCUT2D eigenvalue weighted by atomic mass is 9.99. The third-order valence-electron chi connectivity index (χ3n) is 5.59. The fourth-order valence-corrected chi connectivity index (χ4v) is 4.01. The average molecular weight is 479 g/mol. The summed E-state index contributed by atoms with van der Waals surface area (Å²) in [5, 5.41) is 13.9. The maximum atomic E-state index is 12.9. The van der Waals surface area contributed by atoms with Crippen LogP contribution in [0.2, 0.25) is 5.02 Å². The number of rotatable bonds is 4. The number of alkyl halides is 3. The summed E-state index contributed by atoms with van der Waals surface area (Å²) in [5.74, 6) is 0.513. The van der Waals surface area contributed by atoms with Gasteiger partial charge in [0.25, 0.3) is 0 Å². The Morgan fingerprint density at radius 3 is 2.24 bits per heavy atom. The van der Waals surface area contributed by atoms with Crippen LogP contribution in [0.1, 0.15) is 22.5 Å². The van der Waals surface area contributed by atoms with Crippen LogP contribution in [0, 0.1) is 6.92 Å². The number of nitrogens with zero attached hydrogens (tertiary/aromatic N) is 4. The number of benzene rings is 3. The zero-order valence-electron chi connectivity index (χ0n) is 18.0. The number of aromatic nitrogens is 4. The molecular weight excluding hydrogens is 461 g/mol. The van der Waals surface area contributed by atoms with E-state index in [1.807, 2.05) is 55.5 Å². The van der Waals surface area contributed by atoms with Crippen LogP contribution in [0.25, 0.3) is 28.0 Å². The zero-order chi connectivity index (χ0) is 23.9. The molecular formula is C26H18ClF3N4. The van der Waals surface area contributed by atoms with Crippen molar-refractivity contribution in [3.8, 4) is 22.4 Å². The normalized spacial score (nSPS) is 11.8. The zero-order valence-corrected chi connectivity index (χ0v) is 18.8. The summed E-state index contributed by atoms with van der Waals surface area (Å²) in [6.07, 6.45) is -4.10. The van der Waals surface area contributed by atoms with E-state index in [9.17, 15) is 13.2 Å². The van der Waals surface area contributed by atoms with Gasteiger partial charge in [0.1, 0.15) is 5.69 Å². The third-order valence-corrected chi connectivity index (χ3v) is 5.92. The van der Waals surface area contributed by atoms with Crippen LogP contribution in [0.5, 0.6) is 0 Å². The van der Waals surface area contributed by atoms with Crippen LogP contribution in [0.4, 0.5) is 13.2 Å². The fourth-order valence-electron chi connectivity index (χ4n) is 3.79. The molecule has 0 spiro atoms. The minimum atomic E-state index is -4.38. The van der Waals surface area contributed by atoms with E-state index in [1.165, 1.54) is 12.1 Å². The first kappa shape index (κ1) is 22.1. The SMILES string of the molecule is Cc1ccc(-c2cc3nnc(Cc4ccc(C(F)(F)F)cc4)n3nc2-c2ccccc2Cl)cc1. The lowest BCUT2D eigenvalue weighted by molar-refractivity contribution is -0.137. The van der Waals surface area contributed by atoms with Gasteiger partial charge in [0.2, 0.25) is 0 Å². The van der Waals surface area contributed by atoms with Crippen molar-refractivity contribution < 1.29 is 13.2 Å².